The number of ether oxygens (including phenoxy) is 4. The monoisotopic (exact) mass is 499 g/mol. The highest BCUT2D eigenvalue weighted by Gasteiger charge is 2.22. The minimum absolute atomic E-state index is 0.137. The van der Waals surface area contributed by atoms with Gasteiger partial charge >= 0.3 is 0 Å². The van der Waals surface area contributed by atoms with Crippen LogP contribution in [0.2, 0.25) is 0 Å². The second-order valence-electron chi connectivity index (χ2n) is 7.64. The number of rotatable bonds is 10. The molecule has 4 rings (SSSR count). The van der Waals surface area contributed by atoms with Crippen LogP contribution in [-0.2, 0) is 16.1 Å². The lowest BCUT2D eigenvalue weighted by atomic mass is 10.1. The van der Waals surface area contributed by atoms with Crippen molar-refractivity contribution in [3.63, 3.8) is 0 Å². The van der Waals surface area contributed by atoms with Gasteiger partial charge in [0.1, 0.15) is 5.75 Å². The van der Waals surface area contributed by atoms with Crippen LogP contribution in [0.25, 0.3) is 5.69 Å². The van der Waals surface area contributed by atoms with Crippen LogP contribution in [0.5, 0.6) is 17.2 Å². The standard InChI is InChI=1S/C24H29N5O5S/c1-31-19-14-21(33-3)20(32-2)13-17(19)15-25-22(30)16-35-24-27-26-23(28-9-11-34-12-10-28)29(24)18-7-5-4-6-8-18/h4-8,13-14H,9-12,15-16H2,1-3H3,(H,25,30). The van der Waals surface area contributed by atoms with E-state index in [9.17, 15) is 4.79 Å². The largest absolute Gasteiger partial charge is 0.496 e. The molecule has 0 spiro atoms. The molecule has 10 nitrogen and oxygen atoms in total. The molecule has 0 aliphatic carbocycles. The molecule has 11 heteroatoms. The lowest BCUT2D eigenvalue weighted by Gasteiger charge is -2.27. The zero-order valence-electron chi connectivity index (χ0n) is 20.0. The fourth-order valence-corrected chi connectivity index (χ4v) is 4.51. The predicted octanol–water partition coefficient (Wildman–Crippen LogP) is 2.54. The van der Waals surface area contributed by atoms with E-state index in [0.717, 1.165) is 30.3 Å². The van der Waals surface area contributed by atoms with Gasteiger partial charge in [-0.2, -0.15) is 0 Å². The third kappa shape index (κ3) is 5.80. The van der Waals surface area contributed by atoms with Crippen molar-refractivity contribution < 1.29 is 23.7 Å². The quantitative estimate of drug-likeness (QED) is 0.422. The molecule has 0 unspecified atom stereocenters. The first-order chi connectivity index (χ1) is 17.1. The number of anilines is 1. The second kappa shape index (κ2) is 11.8. The Balaban J connectivity index is 1.45. The third-order valence-electron chi connectivity index (χ3n) is 5.52. The molecule has 186 valence electrons. The van der Waals surface area contributed by atoms with Crippen LogP contribution < -0.4 is 24.4 Å². The normalized spacial score (nSPS) is 13.4. The smallest absolute Gasteiger partial charge is 0.232 e. The number of amides is 1. The first kappa shape index (κ1) is 24.7. The van der Waals surface area contributed by atoms with Crippen LogP contribution in [0.4, 0.5) is 5.95 Å². The Morgan fingerprint density at radius 2 is 1.69 bits per heavy atom. The minimum atomic E-state index is -0.137. The zero-order valence-corrected chi connectivity index (χ0v) is 20.8. The van der Waals surface area contributed by atoms with E-state index < -0.39 is 0 Å². The number of nitrogens with one attached hydrogen (secondary N) is 1. The maximum Gasteiger partial charge on any atom is 0.232 e. The van der Waals surface area contributed by atoms with Gasteiger partial charge in [0.25, 0.3) is 0 Å². The Bertz CT molecular complexity index is 1130. The molecule has 1 aromatic heterocycles. The number of para-hydroxylation sites is 1. The van der Waals surface area contributed by atoms with Crippen molar-refractivity contribution in [3.05, 3.63) is 48.0 Å². The first-order valence-electron chi connectivity index (χ1n) is 11.2. The summed E-state index contributed by atoms with van der Waals surface area (Å²) in [7, 11) is 4.71. The number of hydrogen-bond acceptors (Lipinski definition) is 9. The van der Waals surface area contributed by atoms with Crippen LogP contribution in [-0.4, -0.2) is 74.1 Å². The van der Waals surface area contributed by atoms with Gasteiger partial charge in [-0.3, -0.25) is 9.36 Å². The lowest BCUT2D eigenvalue weighted by Crippen LogP contribution is -2.37. The molecule has 1 N–H and O–H groups in total. The highest BCUT2D eigenvalue weighted by molar-refractivity contribution is 7.99. The van der Waals surface area contributed by atoms with Crippen molar-refractivity contribution in [3.8, 4) is 22.9 Å². The van der Waals surface area contributed by atoms with Crippen molar-refractivity contribution in [1.82, 2.24) is 20.1 Å². The summed E-state index contributed by atoms with van der Waals surface area (Å²) in [6.07, 6.45) is 0. The molecule has 0 atom stereocenters. The predicted molar refractivity (Wildman–Crippen MR) is 133 cm³/mol. The fraction of sp³-hybridized carbons (Fsp3) is 0.375. The van der Waals surface area contributed by atoms with E-state index in [4.69, 9.17) is 18.9 Å². The first-order valence-corrected chi connectivity index (χ1v) is 12.1. The molecule has 1 aliphatic heterocycles. The van der Waals surface area contributed by atoms with Gasteiger partial charge in [-0.05, 0) is 18.2 Å². The number of nitrogens with zero attached hydrogens (tertiary/aromatic N) is 4. The van der Waals surface area contributed by atoms with Crippen molar-refractivity contribution in [1.29, 1.82) is 0 Å². The molecule has 35 heavy (non-hydrogen) atoms. The van der Waals surface area contributed by atoms with E-state index in [-0.39, 0.29) is 18.2 Å². The molecule has 0 saturated carbocycles. The van der Waals surface area contributed by atoms with Gasteiger partial charge in [0.15, 0.2) is 16.7 Å². The molecule has 1 saturated heterocycles. The summed E-state index contributed by atoms with van der Waals surface area (Å²) in [6.45, 7) is 3.05. The summed E-state index contributed by atoms with van der Waals surface area (Å²) in [6, 6.07) is 13.4. The van der Waals surface area contributed by atoms with Gasteiger partial charge in [-0.25, -0.2) is 0 Å². The van der Waals surface area contributed by atoms with Crippen LogP contribution in [0, 0.1) is 0 Å². The number of methoxy groups -OCH3 is 3. The van der Waals surface area contributed by atoms with Gasteiger partial charge in [0.05, 0.1) is 46.0 Å². The van der Waals surface area contributed by atoms with Crippen molar-refractivity contribution >= 4 is 23.6 Å². The van der Waals surface area contributed by atoms with Gasteiger partial charge in [0, 0.05) is 31.3 Å². The number of hydrogen-bond donors (Lipinski definition) is 1. The Kier molecular flexibility index (Phi) is 8.32. The molecule has 3 aromatic rings. The molecular weight excluding hydrogens is 470 g/mol. The van der Waals surface area contributed by atoms with Gasteiger partial charge in [0.2, 0.25) is 11.9 Å². The highest BCUT2D eigenvalue weighted by atomic mass is 32.2. The molecule has 2 heterocycles. The van der Waals surface area contributed by atoms with Crippen LogP contribution in [0.15, 0.2) is 47.6 Å². The molecule has 1 amide bonds. The van der Waals surface area contributed by atoms with Gasteiger partial charge in [-0.15, -0.1) is 10.2 Å². The van der Waals surface area contributed by atoms with Gasteiger partial charge < -0.3 is 29.2 Å². The number of aromatic nitrogens is 3. The van der Waals surface area contributed by atoms with Crippen LogP contribution in [0.1, 0.15) is 5.56 Å². The number of benzene rings is 2. The van der Waals surface area contributed by atoms with E-state index in [0.29, 0.717) is 35.6 Å². The summed E-state index contributed by atoms with van der Waals surface area (Å²) >= 11 is 1.34. The number of carbonyl (C=O) groups excluding carboxylic acids is 1. The number of thioether (sulfide) groups is 1. The number of carbonyl (C=O) groups is 1. The minimum Gasteiger partial charge on any atom is -0.496 e. The van der Waals surface area contributed by atoms with Gasteiger partial charge in [-0.1, -0.05) is 30.0 Å². The number of morpholine rings is 1. The van der Waals surface area contributed by atoms with Crippen LogP contribution in [0.3, 0.4) is 0 Å². The topological polar surface area (TPSA) is 100.0 Å². The molecular formula is C24H29N5O5S. The summed E-state index contributed by atoms with van der Waals surface area (Å²) in [5.74, 6) is 2.53. The Hall–Kier alpha value is -3.44. The van der Waals surface area contributed by atoms with Crippen molar-refractivity contribution in [2.45, 2.75) is 11.7 Å². The Labute approximate surface area is 208 Å². The summed E-state index contributed by atoms with van der Waals surface area (Å²) in [5.41, 5.74) is 1.72. The summed E-state index contributed by atoms with van der Waals surface area (Å²) < 4.78 is 23.6. The summed E-state index contributed by atoms with van der Waals surface area (Å²) in [4.78, 5) is 14.9. The molecule has 1 aliphatic rings. The van der Waals surface area contributed by atoms with Crippen molar-refractivity contribution in [2.75, 3.05) is 58.3 Å². The van der Waals surface area contributed by atoms with Crippen LogP contribution >= 0.6 is 11.8 Å². The zero-order chi connectivity index (χ0) is 24.6. The average molecular weight is 500 g/mol. The fourth-order valence-electron chi connectivity index (χ4n) is 3.73. The Morgan fingerprint density at radius 3 is 2.37 bits per heavy atom. The average Bonchev–Trinajstić information content (AvgIpc) is 3.35. The molecule has 2 aromatic carbocycles. The molecule has 1 fully saturated rings. The van der Waals surface area contributed by atoms with E-state index in [2.05, 4.69) is 20.4 Å². The SMILES string of the molecule is COc1cc(OC)c(OC)cc1CNC(=O)CSc1nnc(N2CCOCC2)n1-c1ccccc1. The second-order valence-corrected chi connectivity index (χ2v) is 8.58. The molecule has 0 bridgehead atoms. The third-order valence-corrected chi connectivity index (χ3v) is 6.45. The maximum atomic E-state index is 12.7. The highest BCUT2D eigenvalue weighted by Crippen LogP contribution is 2.34. The van der Waals surface area contributed by atoms with E-state index in [1.54, 1.807) is 33.5 Å². The van der Waals surface area contributed by atoms with Crippen molar-refractivity contribution in [2.24, 2.45) is 0 Å². The lowest BCUT2D eigenvalue weighted by molar-refractivity contribution is -0.118. The van der Waals surface area contributed by atoms with E-state index in [1.807, 2.05) is 34.9 Å². The van der Waals surface area contributed by atoms with E-state index in [1.165, 1.54) is 11.8 Å². The Morgan fingerprint density at radius 1 is 1.00 bits per heavy atom. The summed E-state index contributed by atoms with van der Waals surface area (Å²) in [5, 5.41) is 12.4. The van der Waals surface area contributed by atoms with E-state index >= 15 is 0 Å². The molecule has 0 radical (unpaired) electrons. The maximum absolute atomic E-state index is 12.7.